The second-order valence-corrected chi connectivity index (χ2v) is 7.21. The van der Waals surface area contributed by atoms with Crippen LogP contribution in [-0.2, 0) is 9.59 Å². The van der Waals surface area contributed by atoms with E-state index in [0.717, 1.165) is 25.9 Å². The standard InChI is InChI=1S/C18H23N5O3/c24-14-5-6-18(20-16-13(17(26)21-18)4-3-8-19-16)7-11-23(14)12-15(25)22-9-1-2-10-22/h3-4,8H,1-2,5-7,9-12H2,(H,19,20)(H,21,26). The first-order valence-corrected chi connectivity index (χ1v) is 9.18. The van der Waals surface area contributed by atoms with Gasteiger partial charge in [-0.2, -0.15) is 0 Å². The molecule has 1 atom stereocenters. The fraction of sp³-hybridized carbons (Fsp3) is 0.556. The molecule has 8 nitrogen and oxygen atoms in total. The highest BCUT2D eigenvalue weighted by molar-refractivity contribution is 6.01. The van der Waals surface area contributed by atoms with E-state index in [9.17, 15) is 14.4 Å². The number of carbonyl (C=O) groups is 3. The number of hydrogen-bond acceptors (Lipinski definition) is 5. The van der Waals surface area contributed by atoms with Crippen molar-refractivity contribution in [3.05, 3.63) is 23.9 Å². The number of anilines is 1. The average Bonchev–Trinajstić information content (AvgIpc) is 3.14. The first-order valence-electron chi connectivity index (χ1n) is 9.18. The third kappa shape index (κ3) is 3.11. The molecule has 0 bridgehead atoms. The van der Waals surface area contributed by atoms with Crippen LogP contribution in [0.5, 0.6) is 0 Å². The van der Waals surface area contributed by atoms with Crippen molar-refractivity contribution in [2.24, 2.45) is 0 Å². The summed E-state index contributed by atoms with van der Waals surface area (Å²) in [5.74, 6) is 0.336. The van der Waals surface area contributed by atoms with Crippen LogP contribution in [0.3, 0.4) is 0 Å². The Kier molecular flexibility index (Phi) is 4.26. The molecule has 0 aromatic carbocycles. The maximum atomic E-state index is 12.5. The van der Waals surface area contributed by atoms with Gasteiger partial charge >= 0.3 is 0 Å². The predicted molar refractivity (Wildman–Crippen MR) is 94.3 cm³/mol. The summed E-state index contributed by atoms with van der Waals surface area (Å²) in [6.45, 7) is 2.11. The molecule has 2 saturated heterocycles. The van der Waals surface area contributed by atoms with Crippen LogP contribution in [-0.4, -0.2) is 64.3 Å². The Balaban J connectivity index is 1.46. The highest BCUT2D eigenvalue weighted by atomic mass is 16.2. The van der Waals surface area contributed by atoms with Gasteiger partial charge in [-0.05, 0) is 31.4 Å². The van der Waals surface area contributed by atoms with E-state index in [1.807, 2.05) is 4.90 Å². The molecule has 1 unspecified atom stereocenters. The fourth-order valence-electron chi connectivity index (χ4n) is 3.93. The normalized spacial score (nSPS) is 25.5. The van der Waals surface area contributed by atoms with Gasteiger partial charge in [-0.3, -0.25) is 14.4 Å². The molecule has 1 aromatic rings. The number of nitrogens with zero attached hydrogens (tertiary/aromatic N) is 3. The molecule has 3 aliphatic rings. The minimum absolute atomic E-state index is 0.0134. The molecular weight excluding hydrogens is 334 g/mol. The van der Waals surface area contributed by atoms with Crippen LogP contribution in [0.2, 0.25) is 0 Å². The van der Waals surface area contributed by atoms with Gasteiger partial charge in [0.1, 0.15) is 11.5 Å². The second-order valence-electron chi connectivity index (χ2n) is 7.21. The lowest BCUT2D eigenvalue weighted by Crippen LogP contribution is -2.58. The van der Waals surface area contributed by atoms with Crippen LogP contribution in [0.25, 0.3) is 0 Å². The van der Waals surface area contributed by atoms with Crippen LogP contribution in [0, 0.1) is 0 Å². The first-order chi connectivity index (χ1) is 12.6. The zero-order valence-electron chi connectivity index (χ0n) is 14.7. The summed E-state index contributed by atoms with van der Waals surface area (Å²) in [4.78, 5) is 45.1. The molecule has 26 heavy (non-hydrogen) atoms. The molecule has 8 heteroatoms. The smallest absolute Gasteiger partial charge is 0.256 e. The molecule has 2 N–H and O–H groups in total. The summed E-state index contributed by atoms with van der Waals surface area (Å²) < 4.78 is 0. The zero-order chi connectivity index (χ0) is 18.1. The maximum absolute atomic E-state index is 12.5. The quantitative estimate of drug-likeness (QED) is 0.807. The van der Waals surface area contributed by atoms with Crippen molar-refractivity contribution in [3.8, 4) is 0 Å². The first kappa shape index (κ1) is 16.8. The van der Waals surface area contributed by atoms with Crippen molar-refractivity contribution in [2.75, 3.05) is 31.5 Å². The molecule has 138 valence electrons. The summed E-state index contributed by atoms with van der Waals surface area (Å²) in [6.07, 6.45) is 5.00. The van der Waals surface area contributed by atoms with Crippen molar-refractivity contribution in [2.45, 2.75) is 37.8 Å². The number of hydrogen-bond donors (Lipinski definition) is 2. The van der Waals surface area contributed by atoms with Gasteiger partial charge in [0.15, 0.2) is 0 Å². The minimum atomic E-state index is -0.695. The van der Waals surface area contributed by atoms with E-state index in [1.54, 1.807) is 23.2 Å². The minimum Gasteiger partial charge on any atom is -0.347 e. The molecule has 0 saturated carbocycles. The highest BCUT2D eigenvalue weighted by Crippen LogP contribution is 2.30. The third-order valence-corrected chi connectivity index (χ3v) is 5.47. The lowest BCUT2D eigenvalue weighted by molar-refractivity contribution is -0.139. The van der Waals surface area contributed by atoms with Crippen LogP contribution < -0.4 is 10.6 Å². The van der Waals surface area contributed by atoms with E-state index in [-0.39, 0.29) is 30.7 Å². The summed E-state index contributed by atoms with van der Waals surface area (Å²) in [7, 11) is 0. The van der Waals surface area contributed by atoms with Crippen LogP contribution in [0.15, 0.2) is 18.3 Å². The van der Waals surface area contributed by atoms with Gasteiger partial charge in [-0.15, -0.1) is 0 Å². The molecule has 1 spiro atoms. The number of likely N-dealkylation sites (tertiary alicyclic amines) is 2. The van der Waals surface area contributed by atoms with Crippen LogP contribution >= 0.6 is 0 Å². The zero-order valence-corrected chi connectivity index (χ0v) is 14.7. The molecule has 2 fully saturated rings. The maximum Gasteiger partial charge on any atom is 0.256 e. The summed E-state index contributed by atoms with van der Waals surface area (Å²) in [6, 6.07) is 3.45. The number of pyridine rings is 1. The monoisotopic (exact) mass is 357 g/mol. The predicted octanol–water partition coefficient (Wildman–Crippen LogP) is 0.568. The van der Waals surface area contributed by atoms with E-state index in [2.05, 4.69) is 15.6 Å². The van der Waals surface area contributed by atoms with E-state index >= 15 is 0 Å². The van der Waals surface area contributed by atoms with Crippen molar-refractivity contribution < 1.29 is 14.4 Å². The number of nitrogens with one attached hydrogen (secondary N) is 2. The number of carbonyl (C=O) groups excluding carboxylic acids is 3. The highest BCUT2D eigenvalue weighted by Gasteiger charge is 2.41. The molecule has 3 amide bonds. The fourth-order valence-corrected chi connectivity index (χ4v) is 3.93. The lowest BCUT2D eigenvalue weighted by atomic mass is 9.97. The molecule has 1 aromatic heterocycles. The Labute approximate surface area is 151 Å². The Hall–Kier alpha value is -2.64. The van der Waals surface area contributed by atoms with E-state index in [1.165, 1.54) is 0 Å². The van der Waals surface area contributed by atoms with E-state index in [4.69, 9.17) is 0 Å². The topological polar surface area (TPSA) is 94.6 Å². The van der Waals surface area contributed by atoms with Crippen LogP contribution in [0.1, 0.15) is 42.5 Å². The van der Waals surface area contributed by atoms with Gasteiger partial charge in [0.2, 0.25) is 11.8 Å². The van der Waals surface area contributed by atoms with Gasteiger partial charge < -0.3 is 20.4 Å². The van der Waals surface area contributed by atoms with Gasteiger partial charge in [-0.1, -0.05) is 0 Å². The summed E-state index contributed by atoms with van der Waals surface area (Å²) >= 11 is 0. The Bertz CT molecular complexity index is 746. The Morgan fingerprint density at radius 3 is 2.77 bits per heavy atom. The third-order valence-electron chi connectivity index (χ3n) is 5.47. The van der Waals surface area contributed by atoms with Gasteiger partial charge in [-0.25, -0.2) is 4.98 Å². The molecule has 4 heterocycles. The number of rotatable bonds is 2. The van der Waals surface area contributed by atoms with E-state index in [0.29, 0.717) is 30.8 Å². The molecule has 0 aliphatic carbocycles. The Morgan fingerprint density at radius 1 is 1.15 bits per heavy atom. The van der Waals surface area contributed by atoms with Gasteiger partial charge in [0.25, 0.3) is 5.91 Å². The number of aromatic nitrogens is 1. The van der Waals surface area contributed by atoms with Gasteiger partial charge in [0.05, 0.1) is 12.1 Å². The van der Waals surface area contributed by atoms with E-state index < -0.39 is 5.66 Å². The molecule has 0 radical (unpaired) electrons. The van der Waals surface area contributed by atoms with Gasteiger partial charge in [0, 0.05) is 38.7 Å². The van der Waals surface area contributed by atoms with Crippen molar-refractivity contribution in [1.82, 2.24) is 20.1 Å². The van der Waals surface area contributed by atoms with Crippen LogP contribution in [0.4, 0.5) is 5.82 Å². The number of fused-ring (bicyclic) bond motifs is 1. The Morgan fingerprint density at radius 2 is 1.96 bits per heavy atom. The summed E-state index contributed by atoms with van der Waals surface area (Å²) in [5.41, 5.74) is -0.186. The number of amides is 3. The van der Waals surface area contributed by atoms with Crippen molar-refractivity contribution >= 4 is 23.5 Å². The molecular formula is C18H23N5O3. The summed E-state index contributed by atoms with van der Waals surface area (Å²) in [5, 5.41) is 6.33. The average molecular weight is 357 g/mol. The lowest BCUT2D eigenvalue weighted by Gasteiger charge is -2.39. The van der Waals surface area contributed by atoms with Crippen molar-refractivity contribution in [1.29, 1.82) is 0 Å². The SMILES string of the molecule is O=C1NC2(CCC(=O)N(CC(=O)N3CCCC3)CC2)Nc2ncccc21. The van der Waals surface area contributed by atoms with Crippen molar-refractivity contribution in [3.63, 3.8) is 0 Å². The second kappa shape index (κ2) is 6.59. The molecule has 3 aliphatic heterocycles. The molecule has 4 rings (SSSR count). The largest absolute Gasteiger partial charge is 0.347 e.